The molecule has 1 aliphatic heterocycles. The Hall–Kier alpha value is -3.08. The number of piperidine rings is 1. The van der Waals surface area contributed by atoms with Crippen molar-refractivity contribution in [3.63, 3.8) is 0 Å². The van der Waals surface area contributed by atoms with Crippen LogP contribution in [-0.2, 0) is 4.79 Å². The Bertz CT molecular complexity index is 1120. The molecule has 0 radical (unpaired) electrons. The number of ether oxygens (including phenoxy) is 2. The second kappa shape index (κ2) is 10.0. The predicted molar refractivity (Wildman–Crippen MR) is 130 cm³/mol. The number of hydrogen-bond donors (Lipinski definition) is 2. The molecular weight excluding hydrogens is 454 g/mol. The number of carbonyl (C=O) groups excluding carboxylic acids is 2. The maximum absolute atomic E-state index is 13.0. The van der Waals surface area contributed by atoms with E-state index in [9.17, 15) is 14.9 Å². The van der Waals surface area contributed by atoms with Crippen LogP contribution in [0.25, 0.3) is 0 Å². The van der Waals surface area contributed by atoms with Gasteiger partial charge in [-0.2, -0.15) is 5.26 Å². The molecular formula is C26H30ClN3O4. The lowest BCUT2D eigenvalue weighted by Crippen LogP contribution is -2.57. The molecule has 34 heavy (non-hydrogen) atoms. The van der Waals surface area contributed by atoms with E-state index in [1.54, 1.807) is 36.4 Å². The lowest BCUT2D eigenvalue weighted by atomic mass is 9.74. The fourth-order valence-electron chi connectivity index (χ4n) is 4.91. The number of hydrogen-bond acceptors (Lipinski definition) is 6. The van der Waals surface area contributed by atoms with Gasteiger partial charge >= 0.3 is 0 Å². The summed E-state index contributed by atoms with van der Waals surface area (Å²) < 4.78 is 11.1. The van der Waals surface area contributed by atoms with Gasteiger partial charge in [-0.05, 0) is 76.8 Å². The molecule has 180 valence electrons. The third-order valence-corrected chi connectivity index (χ3v) is 5.99. The Morgan fingerprint density at radius 2 is 1.76 bits per heavy atom. The predicted octanol–water partition coefficient (Wildman–Crippen LogP) is 5.00. The summed E-state index contributed by atoms with van der Waals surface area (Å²) in [4.78, 5) is 24.0. The van der Waals surface area contributed by atoms with Gasteiger partial charge in [0.25, 0.3) is 5.91 Å². The molecule has 1 amide bonds. The molecule has 1 saturated heterocycles. The number of ketones is 1. The maximum Gasteiger partial charge on any atom is 0.255 e. The number of benzene rings is 2. The van der Waals surface area contributed by atoms with Crippen LogP contribution < -0.4 is 20.5 Å². The van der Waals surface area contributed by atoms with Gasteiger partial charge in [-0.15, -0.1) is 0 Å². The summed E-state index contributed by atoms with van der Waals surface area (Å²) in [5.41, 5.74) is 5.67. The van der Waals surface area contributed by atoms with E-state index in [0.29, 0.717) is 17.7 Å². The van der Waals surface area contributed by atoms with Crippen LogP contribution in [0.3, 0.4) is 0 Å². The Labute approximate surface area is 205 Å². The highest BCUT2D eigenvalue weighted by atomic mass is 35.5. The second-order valence-electron chi connectivity index (χ2n) is 10.0. The second-order valence-corrected chi connectivity index (χ2v) is 10.4. The number of rotatable bonds is 8. The summed E-state index contributed by atoms with van der Waals surface area (Å²) in [6.45, 7) is 8.30. The first kappa shape index (κ1) is 25.5. The molecule has 1 heterocycles. The van der Waals surface area contributed by atoms with Crippen LogP contribution in [0, 0.1) is 17.2 Å². The SMILES string of the molecule is CC1(C)CC(CC(=O)c2ccc(Oc3cccc(OCC(N)=O)c3C#N)c(Cl)c2)CC(C)(C)N1. The average Bonchev–Trinajstić information content (AvgIpc) is 2.71. The van der Waals surface area contributed by atoms with E-state index in [-0.39, 0.29) is 51.5 Å². The van der Waals surface area contributed by atoms with Crippen LogP contribution >= 0.6 is 11.6 Å². The molecule has 3 rings (SSSR count). The number of nitrogens with one attached hydrogen (secondary N) is 1. The van der Waals surface area contributed by atoms with Crippen molar-refractivity contribution in [2.24, 2.45) is 11.7 Å². The molecule has 0 saturated carbocycles. The van der Waals surface area contributed by atoms with Gasteiger partial charge in [0.1, 0.15) is 28.9 Å². The topological polar surface area (TPSA) is 114 Å². The van der Waals surface area contributed by atoms with Crippen molar-refractivity contribution in [3.05, 3.63) is 52.5 Å². The molecule has 2 aromatic carbocycles. The van der Waals surface area contributed by atoms with Crippen molar-refractivity contribution in [1.82, 2.24) is 5.32 Å². The van der Waals surface area contributed by atoms with Gasteiger partial charge in [0, 0.05) is 23.1 Å². The standard InChI is InChI=1S/C26H30ClN3O4/c1-25(2)12-16(13-26(3,4)30-25)10-20(31)17-8-9-23(19(27)11-17)34-22-7-5-6-21(18(22)14-28)33-15-24(29)32/h5-9,11,16,30H,10,12-13,15H2,1-4H3,(H2,29,32). The van der Waals surface area contributed by atoms with Crippen LogP contribution in [0.5, 0.6) is 17.2 Å². The molecule has 0 unspecified atom stereocenters. The summed E-state index contributed by atoms with van der Waals surface area (Å²) in [5.74, 6) is 0.335. The van der Waals surface area contributed by atoms with Crippen LogP contribution in [-0.4, -0.2) is 29.4 Å². The Morgan fingerprint density at radius 3 is 2.35 bits per heavy atom. The zero-order chi connectivity index (χ0) is 25.1. The third kappa shape index (κ3) is 6.49. The number of carbonyl (C=O) groups is 2. The average molecular weight is 484 g/mol. The smallest absolute Gasteiger partial charge is 0.255 e. The molecule has 0 atom stereocenters. The van der Waals surface area contributed by atoms with Crippen LogP contribution in [0.15, 0.2) is 36.4 Å². The van der Waals surface area contributed by atoms with Gasteiger partial charge in [0.2, 0.25) is 0 Å². The number of nitrogens with zero attached hydrogens (tertiary/aromatic N) is 1. The first-order valence-corrected chi connectivity index (χ1v) is 11.5. The molecule has 0 bridgehead atoms. The number of nitriles is 1. The van der Waals surface area contributed by atoms with E-state index in [1.165, 1.54) is 0 Å². The Morgan fingerprint density at radius 1 is 1.12 bits per heavy atom. The van der Waals surface area contributed by atoms with E-state index < -0.39 is 5.91 Å². The van der Waals surface area contributed by atoms with Crippen LogP contribution in [0.2, 0.25) is 5.02 Å². The Kier molecular flexibility index (Phi) is 7.54. The molecule has 0 aliphatic carbocycles. The fourth-order valence-corrected chi connectivity index (χ4v) is 5.13. The van der Waals surface area contributed by atoms with Crippen molar-refractivity contribution < 1.29 is 19.1 Å². The molecule has 1 aliphatic rings. The minimum absolute atomic E-state index is 0.0316. The largest absolute Gasteiger partial charge is 0.482 e. The van der Waals surface area contributed by atoms with E-state index in [1.807, 2.05) is 6.07 Å². The molecule has 8 heteroatoms. The van der Waals surface area contributed by atoms with Crippen LogP contribution in [0.1, 0.15) is 62.9 Å². The lowest BCUT2D eigenvalue weighted by molar-refractivity contribution is -0.119. The van der Waals surface area contributed by atoms with Gasteiger partial charge in [-0.1, -0.05) is 17.7 Å². The summed E-state index contributed by atoms with van der Waals surface area (Å²) in [6.07, 6.45) is 2.29. The third-order valence-electron chi connectivity index (χ3n) is 5.69. The molecule has 2 aromatic rings. The number of amides is 1. The summed E-state index contributed by atoms with van der Waals surface area (Å²) in [7, 11) is 0. The molecule has 3 N–H and O–H groups in total. The number of Topliss-reactive ketones (excluding diaryl/α,β-unsaturated/α-hetero) is 1. The molecule has 0 spiro atoms. The van der Waals surface area contributed by atoms with Crippen LogP contribution in [0.4, 0.5) is 0 Å². The monoisotopic (exact) mass is 483 g/mol. The maximum atomic E-state index is 13.0. The van der Waals surface area contributed by atoms with Crippen molar-refractivity contribution >= 4 is 23.3 Å². The molecule has 7 nitrogen and oxygen atoms in total. The first-order chi connectivity index (χ1) is 15.9. The number of halogens is 1. The normalized spacial score (nSPS) is 16.9. The Balaban J connectivity index is 1.75. The lowest BCUT2D eigenvalue weighted by Gasteiger charge is -2.46. The van der Waals surface area contributed by atoms with E-state index in [0.717, 1.165) is 12.8 Å². The minimum atomic E-state index is -0.657. The van der Waals surface area contributed by atoms with Gasteiger partial charge < -0.3 is 20.5 Å². The summed E-state index contributed by atoms with van der Waals surface area (Å²) in [6, 6.07) is 11.7. The molecule has 0 aromatic heterocycles. The van der Waals surface area contributed by atoms with Crippen molar-refractivity contribution in [1.29, 1.82) is 5.26 Å². The van der Waals surface area contributed by atoms with Crippen molar-refractivity contribution in [3.8, 4) is 23.3 Å². The number of primary amides is 1. The number of nitrogens with two attached hydrogens (primary N) is 1. The highest BCUT2D eigenvalue weighted by Crippen LogP contribution is 2.37. The van der Waals surface area contributed by atoms with Gasteiger partial charge in [0.15, 0.2) is 12.4 Å². The zero-order valence-corrected chi connectivity index (χ0v) is 20.7. The summed E-state index contributed by atoms with van der Waals surface area (Å²) >= 11 is 6.43. The zero-order valence-electron chi connectivity index (χ0n) is 19.9. The fraction of sp³-hybridized carbons (Fsp3) is 0.423. The minimum Gasteiger partial charge on any atom is -0.482 e. The highest BCUT2D eigenvalue weighted by molar-refractivity contribution is 6.32. The van der Waals surface area contributed by atoms with E-state index in [2.05, 4.69) is 33.0 Å². The van der Waals surface area contributed by atoms with Gasteiger partial charge in [0.05, 0.1) is 5.02 Å². The van der Waals surface area contributed by atoms with Gasteiger partial charge in [-0.3, -0.25) is 9.59 Å². The highest BCUT2D eigenvalue weighted by Gasteiger charge is 2.38. The first-order valence-electron chi connectivity index (χ1n) is 11.1. The van der Waals surface area contributed by atoms with E-state index in [4.69, 9.17) is 26.8 Å². The van der Waals surface area contributed by atoms with E-state index >= 15 is 0 Å². The quantitative estimate of drug-likeness (QED) is 0.511. The molecule has 1 fully saturated rings. The summed E-state index contributed by atoms with van der Waals surface area (Å²) in [5, 5.41) is 13.4. The van der Waals surface area contributed by atoms with Gasteiger partial charge in [-0.25, -0.2) is 0 Å². The van der Waals surface area contributed by atoms with Crippen molar-refractivity contribution in [2.75, 3.05) is 6.61 Å². The van der Waals surface area contributed by atoms with Crippen molar-refractivity contribution in [2.45, 2.75) is 58.0 Å².